The number of carbonyl (C=O) groups excluding carboxylic acids is 1. The van der Waals surface area contributed by atoms with E-state index in [0.717, 1.165) is 5.56 Å². The number of rotatable bonds is 9. The minimum Gasteiger partial charge on any atom is -0.494 e. The summed E-state index contributed by atoms with van der Waals surface area (Å²) in [6.07, 6.45) is 1.66. The molecule has 0 aliphatic carbocycles. The van der Waals surface area contributed by atoms with E-state index in [9.17, 15) is 9.59 Å². The fourth-order valence-electron chi connectivity index (χ4n) is 4.83. The van der Waals surface area contributed by atoms with Crippen LogP contribution in [-0.2, 0) is 16.1 Å². The second-order valence-corrected chi connectivity index (χ2v) is 11.6. The Morgan fingerprint density at radius 3 is 2.45 bits per heavy atom. The van der Waals surface area contributed by atoms with Crippen molar-refractivity contribution in [2.24, 2.45) is 4.99 Å². The van der Waals surface area contributed by atoms with Crippen molar-refractivity contribution < 1.29 is 19.0 Å². The van der Waals surface area contributed by atoms with E-state index in [2.05, 4.69) is 11.1 Å². The van der Waals surface area contributed by atoms with Crippen molar-refractivity contribution in [1.82, 2.24) is 4.57 Å². The summed E-state index contributed by atoms with van der Waals surface area (Å²) < 4.78 is 18.9. The maximum atomic E-state index is 14.1. The Balaban J connectivity index is 1.61. The monoisotopic (exact) mass is 647 g/mol. The van der Waals surface area contributed by atoms with E-state index in [1.165, 1.54) is 15.9 Å². The molecule has 0 saturated heterocycles. The molecule has 0 radical (unpaired) electrons. The molecular weight excluding hydrogens is 621 g/mol. The third kappa shape index (κ3) is 6.43. The van der Waals surface area contributed by atoms with Crippen molar-refractivity contribution >= 4 is 46.6 Å². The third-order valence-electron chi connectivity index (χ3n) is 6.81. The second kappa shape index (κ2) is 13.5. The summed E-state index contributed by atoms with van der Waals surface area (Å²) in [6.45, 7) is 6.22. The quantitative estimate of drug-likeness (QED) is 0.208. The number of nitriles is 1. The lowest BCUT2D eigenvalue weighted by Gasteiger charge is -2.24. The average Bonchev–Trinajstić information content (AvgIpc) is 3.30. The van der Waals surface area contributed by atoms with Gasteiger partial charge in [-0.3, -0.25) is 9.36 Å². The van der Waals surface area contributed by atoms with Crippen molar-refractivity contribution in [2.75, 3.05) is 13.2 Å². The van der Waals surface area contributed by atoms with Crippen molar-refractivity contribution in [3.8, 4) is 17.6 Å². The summed E-state index contributed by atoms with van der Waals surface area (Å²) >= 11 is 14.1. The highest BCUT2D eigenvalue weighted by Gasteiger charge is 2.33. The topological polar surface area (TPSA) is 103 Å². The summed E-state index contributed by atoms with van der Waals surface area (Å²) in [4.78, 5) is 32.3. The number of hydrogen-bond acceptors (Lipinski definition) is 8. The van der Waals surface area contributed by atoms with Crippen LogP contribution in [0.3, 0.4) is 0 Å². The number of carbonyl (C=O) groups is 1. The van der Waals surface area contributed by atoms with Crippen LogP contribution in [0.25, 0.3) is 6.08 Å². The molecule has 0 amide bonds. The van der Waals surface area contributed by atoms with E-state index in [4.69, 9.17) is 42.7 Å². The van der Waals surface area contributed by atoms with Gasteiger partial charge in [0.2, 0.25) is 0 Å². The highest BCUT2D eigenvalue weighted by Crippen LogP contribution is 2.34. The summed E-state index contributed by atoms with van der Waals surface area (Å²) in [6, 6.07) is 18.8. The fraction of sp³-hybridized carbons (Fsp3) is 0.212. The van der Waals surface area contributed by atoms with Crippen LogP contribution in [0.15, 0.2) is 81.7 Å². The van der Waals surface area contributed by atoms with Gasteiger partial charge in [0.15, 0.2) is 4.80 Å². The van der Waals surface area contributed by atoms with Crippen LogP contribution in [0.2, 0.25) is 10.0 Å². The maximum absolute atomic E-state index is 14.1. The number of hydrogen-bond donors (Lipinski definition) is 0. The molecule has 1 atom stereocenters. The summed E-state index contributed by atoms with van der Waals surface area (Å²) in [5.74, 6) is 0.480. The van der Waals surface area contributed by atoms with Crippen molar-refractivity contribution in [2.45, 2.75) is 33.4 Å². The van der Waals surface area contributed by atoms with Gasteiger partial charge in [-0.05, 0) is 74.4 Å². The lowest BCUT2D eigenvalue weighted by Crippen LogP contribution is -2.39. The van der Waals surface area contributed by atoms with E-state index < -0.39 is 12.0 Å². The minimum atomic E-state index is -0.766. The van der Waals surface area contributed by atoms with Gasteiger partial charge in [-0.25, -0.2) is 9.79 Å². The Morgan fingerprint density at radius 2 is 1.80 bits per heavy atom. The molecule has 224 valence electrons. The Kier molecular flexibility index (Phi) is 9.55. The van der Waals surface area contributed by atoms with Crippen LogP contribution in [0.5, 0.6) is 11.5 Å². The van der Waals surface area contributed by atoms with Gasteiger partial charge >= 0.3 is 5.97 Å². The van der Waals surface area contributed by atoms with E-state index >= 15 is 0 Å². The van der Waals surface area contributed by atoms with Gasteiger partial charge in [-0.15, -0.1) is 0 Å². The van der Waals surface area contributed by atoms with E-state index in [0.29, 0.717) is 54.8 Å². The van der Waals surface area contributed by atoms with E-state index in [1.54, 1.807) is 68.5 Å². The molecule has 0 fully saturated rings. The first-order valence-corrected chi connectivity index (χ1v) is 15.3. The van der Waals surface area contributed by atoms with Crippen molar-refractivity contribution in [3.05, 3.63) is 124 Å². The third-order valence-corrected chi connectivity index (χ3v) is 8.30. The molecular formula is C33H27Cl2N3O5S. The lowest BCUT2D eigenvalue weighted by atomic mass is 9.96. The molecule has 0 spiro atoms. The summed E-state index contributed by atoms with van der Waals surface area (Å²) in [5.41, 5.74) is 2.98. The number of esters is 1. The average molecular weight is 649 g/mol. The van der Waals surface area contributed by atoms with Crippen LogP contribution < -0.4 is 24.4 Å². The van der Waals surface area contributed by atoms with Crippen LogP contribution in [-0.4, -0.2) is 23.8 Å². The molecule has 5 rings (SSSR count). The van der Waals surface area contributed by atoms with Crippen LogP contribution >= 0.6 is 34.5 Å². The van der Waals surface area contributed by atoms with Crippen molar-refractivity contribution in [3.63, 3.8) is 0 Å². The Bertz CT molecular complexity index is 1970. The number of allylic oxidation sites excluding steroid dienone is 1. The molecule has 3 aromatic carbocycles. The first kappa shape index (κ1) is 31.1. The Labute approximate surface area is 267 Å². The lowest BCUT2D eigenvalue weighted by molar-refractivity contribution is -0.139. The summed E-state index contributed by atoms with van der Waals surface area (Å²) in [7, 11) is 0. The molecule has 2 heterocycles. The fourth-order valence-corrected chi connectivity index (χ4v) is 6.43. The zero-order valence-electron chi connectivity index (χ0n) is 24.1. The number of ether oxygens (including phenoxy) is 3. The largest absolute Gasteiger partial charge is 0.494 e. The van der Waals surface area contributed by atoms with Gasteiger partial charge in [0.1, 0.15) is 18.1 Å². The Hall–Kier alpha value is -4.36. The van der Waals surface area contributed by atoms with Crippen LogP contribution in [0, 0.1) is 11.3 Å². The van der Waals surface area contributed by atoms with Gasteiger partial charge in [0.05, 0.1) is 51.7 Å². The minimum absolute atomic E-state index is 0.176. The molecule has 1 aromatic heterocycles. The molecule has 1 aliphatic heterocycles. The normalized spacial score (nSPS) is 14.5. The summed E-state index contributed by atoms with van der Waals surface area (Å²) in [5, 5.41) is 9.72. The molecule has 0 saturated carbocycles. The van der Waals surface area contributed by atoms with Gasteiger partial charge in [-0.1, -0.05) is 58.8 Å². The predicted molar refractivity (Wildman–Crippen MR) is 170 cm³/mol. The number of nitrogens with zero attached hydrogens (tertiary/aromatic N) is 3. The van der Waals surface area contributed by atoms with Gasteiger partial charge in [-0.2, -0.15) is 5.26 Å². The number of fused-ring (bicyclic) bond motifs is 1. The SMILES string of the molecule is CCOC(=O)C1=C(C)N=c2s/c(=C\c3cc(Cl)cc(Cl)c3OCc3ccc(C#N)cc3)c(=O)n2[C@@H]1c1ccc(OCC)cc1. The first-order valence-electron chi connectivity index (χ1n) is 13.8. The van der Waals surface area contributed by atoms with Gasteiger partial charge < -0.3 is 14.2 Å². The molecule has 11 heteroatoms. The zero-order chi connectivity index (χ0) is 31.4. The molecule has 1 aliphatic rings. The standard InChI is InChI=1S/C33H27Cl2N3O5S/c1-4-41-25-12-10-22(11-13-25)29-28(32(40)42-5-2)19(3)37-33-38(29)31(39)27(44-33)15-23-14-24(34)16-26(35)30(23)43-18-21-8-6-20(17-36)7-9-21/h6-16,29H,4-5,18H2,1-3H3/b27-15-/t29-/m1/s1. The zero-order valence-corrected chi connectivity index (χ0v) is 26.4. The smallest absolute Gasteiger partial charge is 0.338 e. The van der Waals surface area contributed by atoms with Crippen LogP contribution in [0.4, 0.5) is 0 Å². The second-order valence-electron chi connectivity index (χ2n) is 9.71. The predicted octanol–water partition coefficient (Wildman–Crippen LogP) is 5.95. The maximum Gasteiger partial charge on any atom is 0.338 e. The Morgan fingerprint density at radius 1 is 1.07 bits per heavy atom. The van der Waals surface area contributed by atoms with E-state index in [-0.39, 0.29) is 29.4 Å². The first-order chi connectivity index (χ1) is 21.2. The number of benzene rings is 3. The molecule has 8 nitrogen and oxygen atoms in total. The molecule has 0 unspecified atom stereocenters. The number of thiazole rings is 1. The van der Waals surface area contributed by atoms with Gasteiger partial charge in [0.25, 0.3) is 5.56 Å². The van der Waals surface area contributed by atoms with E-state index in [1.807, 2.05) is 19.1 Å². The van der Waals surface area contributed by atoms with Crippen molar-refractivity contribution in [1.29, 1.82) is 5.26 Å². The van der Waals surface area contributed by atoms with Gasteiger partial charge in [0, 0.05) is 10.6 Å². The molecule has 0 bridgehead atoms. The van der Waals surface area contributed by atoms with Crippen LogP contribution in [0.1, 0.15) is 49.1 Å². The molecule has 44 heavy (non-hydrogen) atoms. The highest BCUT2D eigenvalue weighted by molar-refractivity contribution is 7.07. The number of halogens is 2. The highest BCUT2D eigenvalue weighted by atomic mass is 35.5. The number of aromatic nitrogens is 1. The molecule has 0 N–H and O–H groups in total. The molecule has 4 aromatic rings.